The first-order chi connectivity index (χ1) is 29.1. The van der Waals surface area contributed by atoms with Gasteiger partial charge in [0.05, 0.1) is 11.8 Å². The standard InChI is InChI=1S/C47H44N2O11/c50-31-15-5-27(6-16-31)9-25-39(52)57-33-19-11-29(12-20-33)46(55)59-37-23-24-38(43-42(37)48-41-35-3-1-2-4-36(35)45(54)44(41)49-43)60-47(56)30-13-21-34(22-14-30)58-40(53)26-10-28-7-17-32(51)18-8-28/h1-8,15-18,23-24,29-30,33-34,50-51H,9-14,19-22,25-26H2. The Bertz CT molecular complexity index is 2430. The van der Waals surface area contributed by atoms with Gasteiger partial charge in [-0.1, -0.05) is 48.5 Å². The maximum Gasteiger partial charge on any atom is 0.314 e. The van der Waals surface area contributed by atoms with Crippen molar-refractivity contribution >= 4 is 40.7 Å². The highest BCUT2D eigenvalue weighted by Gasteiger charge is 2.35. The van der Waals surface area contributed by atoms with E-state index in [-0.39, 0.29) is 82.5 Å². The summed E-state index contributed by atoms with van der Waals surface area (Å²) in [6, 6.07) is 23.4. The maximum atomic E-state index is 13.6. The van der Waals surface area contributed by atoms with Crippen LogP contribution in [0.1, 0.15) is 91.4 Å². The fourth-order valence-corrected chi connectivity index (χ4v) is 8.14. The van der Waals surface area contributed by atoms with E-state index in [0.29, 0.717) is 81.0 Å². The van der Waals surface area contributed by atoms with Crippen molar-refractivity contribution in [2.24, 2.45) is 11.8 Å². The van der Waals surface area contributed by atoms with E-state index in [9.17, 15) is 34.2 Å². The Morgan fingerprint density at radius 2 is 0.950 bits per heavy atom. The van der Waals surface area contributed by atoms with Gasteiger partial charge in [-0.2, -0.15) is 0 Å². The van der Waals surface area contributed by atoms with E-state index in [0.717, 1.165) is 11.1 Å². The van der Waals surface area contributed by atoms with Crippen molar-refractivity contribution in [3.8, 4) is 34.3 Å². The highest BCUT2D eigenvalue weighted by Crippen LogP contribution is 2.40. The predicted molar refractivity (Wildman–Crippen MR) is 216 cm³/mol. The van der Waals surface area contributed by atoms with Crippen molar-refractivity contribution in [1.29, 1.82) is 0 Å². The number of aromatic hydroxyl groups is 2. The number of phenolic OH excluding ortho intramolecular Hbond substituents is 2. The highest BCUT2D eigenvalue weighted by atomic mass is 16.6. The van der Waals surface area contributed by atoms with E-state index in [1.807, 2.05) is 0 Å². The summed E-state index contributed by atoms with van der Waals surface area (Å²) in [7, 11) is 0. The van der Waals surface area contributed by atoms with E-state index in [1.165, 1.54) is 12.1 Å². The van der Waals surface area contributed by atoms with Crippen LogP contribution in [-0.2, 0) is 41.5 Å². The zero-order valence-corrected chi connectivity index (χ0v) is 32.8. The number of benzene rings is 4. The summed E-state index contributed by atoms with van der Waals surface area (Å²) < 4.78 is 23.3. The van der Waals surface area contributed by atoms with Gasteiger partial charge < -0.3 is 29.2 Å². The van der Waals surface area contributed by atoms with Crippen LogP contribution in [-0.4, -0.2) is 62.0 Å². The molecule has 5 aromatic rings. The summed E-state index contributed by atoms with van der Waals surface area (Å²) in [4.78, 5) is 75.2. The Kier molecular flexibility index (Phi) is 11.8. The monoisotopic (exact) mass is 812 g/mol. The molecule has 0 radical (unpaired) electrons. The minimum Gasteiger partial charge on any atom is -0.508 e. The second-order valence-corrected chi connectivity index (χ2v) is 15.7. The molecule has 0 spiro atoms. The number of phenols is 2. The number of hydrogen-bond acceptors (Lipinski definition) is 13. The average Bonchev–Trinajstić information content (AvgIpc) is 3.54. The molecule has 13 nitrogen and oxygen atoms in total. The summed E-state index contributed by atoms with van der Waals surface area (Å²) in [5.74, 6) is -2.35. The molecule has 3 aliphatic carbocycles. The molecule has 1 heterocycles. The number of carbonyl (C=O) groups is 5. The molecule has 0 bridgehead atoms. The molecule has 2 fully saturated rings. The number of aryl methyl sites for hydroxylation is 2. The van der Waals surface area contributed by atoms with E-state index in [2.05, 4.69) is 4.98 Å². The molecule has 0 aliphatic heterocycles. The zero-order chi connectivity index (χ0) is 41.8. The number of aromatic nitrogens is 2. The van der Waals surface area contributed by atoms with Gasteiger partial charge in [0, 0.05) is 24.0 Å². The van der Waals surface area contributed by atoms with Gasteiger partial charge in [0.25, 0.3) is 0 Å². The minimum absolute atomic E-state index is 0.0735. The number of esters is 4. The highest BCUT2D eigenvalue weighted by molar-refractivity contribution is 6.20. The van der Waals surface area contributed by atoms with E-state index < -0.39 is 23.8 Å². The smallest absolute Gasteiger partial charge is 0.314 e. The van der Waals surface area contributed by atoms with Crippen molar-refractivity contribution in [1.82, 2.24) is 9.97 Å². The van der Waals surface area contributed by atoms with Crippen LogP contribution in [0.2, 0.25) is 0 Å². The summed E-state index contributed by atoms with van der Waals surface area (Å²) in [5.41, 5.74) is 3.58. The lowest BCUT2D eigenvalue weighted by molar-refractivity contribution is -0.153. The molecule has 308 valence electrons. The predicted octanol–water partition coefficient (Wildman–Crippen LogP) is 7.53. The fourth-order valence-electron chi connectivity index (χ4n) is 8.14. The van der Waals surface area contributed by atoms with Crippen LogP contribution in [0.5, 0.6) is 23.0 Å². The summed E-state index contributed by atoms with van der Waals surface area (Å²) in [6.45, 7) is 0. The molecule has 13 heteroatoms. The summed E-state index contributed by atoms with van der Waals surface area (Å²) in [5, 5.41) is 19.0. The number of ether oxygens (including phenoxy) is 4. The molecule has 0 saturated heterocycles. The van der Waals surface area contributed by atoms with Gasteiger partial charge in [0.15, 0.2) is 11.5 Å². The van der Waals surface area contributed by atoms with Gasteiger partial charge in [-0.25, -0.2) is 9.97 Å². The number of nitrogens with zero attached hydrogens (tertiary/aromatic N) is 2. The first-order valence-corrected chi connectivity index (χ1v) is 20.4. The lowest BCUT2D eigenvalue weighted by Gasteiger charge is -2.27. The third kappa shape index (κ3) is 9.15. The van der Waals surface area contributed by atoms with E-state index in [4.69, 9.17) is 23.9 Å². The normalized spacial score (nSPS) is 19.5. The molecule has 3 aliphatic rings. The van der Waals surface area contributed by atoms with Gasteiger partial charge in [-0.15, -0.1) is 0 Å². The molecule has 4 aromatic carbocycles. The summed E-state index contributed by atoms with van der Waals surface area (Å²) in [6.07, 6.45) is 4.52. The van der Waals surface area contributed by atoms with Crippen LogP contribution < -0.4 is 9.47 Å². The summed E-state index contributed by atoms with van der Waals surface area (Å²) >= 11 is 0. The zero-order valence-electron chi connectivity index (χ0n) is 32.8. The third-order valence-electron chi connectivity index (χ3n) is 11.5. The van der Waals surface area contributed by atoms with Crippen molar-refractivity contribution < 1.29 is 53.1 Å². The first kappa shape index (κ1) is 40.2. The van der Waals surface area contributed by atoms with Crippen LogP contribution in [0.4, 0.5) is 0 Å². The molecule has 8 rings (SSSR count). The lowest BCUT2D eigenvalue weighted by Crippen LogP contribution is -2.30. The molecule has 0 atom stereocenters. The Labute approximate surface area is 345 Å². The number of hydrogen-bond donors (Lipinski definition) is 2. The van der Waals surface area contributed by atoms with Crippen LogP contribution in [0.25, 0.3) is 22.3 Å². The van der Waals surface area contributed by atoms with Crippen LogP contribution in [0, 0.1) is 11.8 Å². The third-order valence-corrected chi connectivity index (χ3v) is 11.5. The van der Waals surface area contributed by atoms with Gasteiger partial charge in [-0.3, -0.25) is 24.0 Å². The van der Waals surface area contributed by atoms with Gasteiger partial charge in [0.2, 0.25) is 5.78 Å². The Hall–Kier alpha value is -6.63. The minimum atomic E-state index is -0.493. The van der Waals surface area contributed by atoms with Gasteiger partial charge in [0.1, 0.15) is 46.1 Å². The molecule has 0 amide bonds. The van der Waals surface area contributed by atoms with Gasteiger partial charge >= 0.3 is 23.9 Å². The SMILES string of the molecule is O=C(CCc1ccc(O)cc1)OC1CCC(C(=O)Oc2ccc(OC(=O)C3CCC(OC(=O)CCc4ccc(O)cc4)CC3)c3nc4c(nc23)C(=O)c2ccccc2-4)CC1. The Morgan fingerprint density at radius 3 is 1.40 bits per heavy atom. The molecular weight excluding hydrogens is 769 g/mol. The van der Waals surface area contributed by atoms with Crippen LogP contribution >= 0.6 is 0 Å². The van der Waals surface area contributed by atoms with Crippen molar-refractivity contribution in [2.75, 3.05) is 0 Å². The fraction of sp³-hybridized carbons (Fsp3) is 0.340. The second kappa shape index (κ2) is 17.7. The van der Waals surface area contributed by atoms with E-state index in [1.54, 1.807) is 72.8 Å². The molecule has 2 saturated carbocycles. The Morgan fingerprint density at radius 1 is 0.533 bits per heavy atom. The van der Waals surface area contributed by atoms with E-state index >= 15 is 0 Å². The van der Waals surface area contributed by atoms with Crippen LogP contribution in [0.3, 0.4) is 0 Å². The number of carbonyl (C=O) groups excluding carboxylic acids is 5. The number of ketones is 1. The lowest BCUT2D eigenvalue weighted by atomic mass is 9.87. The first-order valence-electron chi connectivity index (χ1n) is 20.4. The molecule has 0 unspecified atom stereocenters. The Balaban J connectivity index is 0.906. The number of rotatable bonds is 12. The topological polar surface area (TPSA) is 189 Å². The maximum absolute atomic E-state index is 13.6. The second-order valence-electron chi connectivity index (χ2n) is 15.7. The quantitative estimate of drug-likeness (QED) is 0.0912. The average molecular weight is 813 g/mol. The largest absolute Gasteiger partial charge is 0.508 e. The molecule has 2 N–H and O–H groups in total. The van der Waals surface area contributed by atoms with Crippen molar-refractivity contribution in [2.45, 2.75) is 89.3 Å². The van der Waals surface area contributed by atoms with Crippen molar-refractivity contribution in [3.63, 3.8) is 0 Å². The van der Waals surface area contributed by atoms with Crippen LogP contribution in [0.15, 0.2) is 84.9 Å². The van der Waals surface area contributed by atoms with Gasteiger partial charge in [-0.05, 0) is 112 Å². The number of fused-ring (bicyclic) bond motifs is 4. The molecule has 60 heavy (non-hydrogen) atoms. The van der Waals surface area contributed by atoms with Crippen molar-refractivity contribution in [3.05, 3.63) is 107 Å². The molecular formula is C47H44N2O11. The molecule has 1 aromatic heterocycles.